The molecule has 35 heavy (non-hydrogen) atoms. The van der Waals surface area contributed by atoms with Crippen molar-refractivity contribution in [2.24, 2.45) is 0 Å². The molecule has 3 aromatic carbocycles. The van der Waals surface area contributed by atoms with Gasteiger partial charge in [0.05, 0.1) is 44.6 Å². The van der Waals surface area contributed by atoms with E-state index in [4.69, 9.17) is 16.3 Å². The zero-order chi connectivity index (χ0) is 25.1. The normalized spacial score (nSPS) is 11.7. The molecule has 1 atom stereocenters. The van der Waals surface area contributed by atoms with E-state index < -0.39 is 16.1 Å². The third-order valence-electron chi connectivity index (χ3n) is 5.13. The molecule has 0 bridgehead atoms. The number of anilines is 1. The average Bonchev–Trinajstić information content (AvgIpc) is 2.85. The summed E-state index contributed by atoms with van der Waals surface area (Å²) in [5, 5.41) is 13.7. The van der Waals surface area contributed by atoms with Crippen molar-refractivity contribution in [3.63, 3.8) is 0 Å². The monoisotopic (exact) mass is 510 g/mol. The van der Waals surface area contributed by atoms with Crippen LogP contribution in [-0.4, -0.2) is 32.7 Å². The predicted octanol–water partition coefficient (Wildman–Crippen LogP) is 5.08. The number of aromatic nitrogens is 2. The topological polar surface area (TPSA) is 116 Å². The van der Waals surface area contributed by atoms with E-state index in [0.29, 0.717) is 27.5 Å². The Kier molecular flexibility index (Phi) is 7.04. The second-order valence-corrected chi connectivity index (χ2v) is 9.14. The fraction of sp³-hybridized carbons (Fsp3) is 0.125. The lowest BCUT2D eigenvalue weighted by molar-refractivity contribution is -0.384. The minimum absolute atomic E-state index is 0.0434. The van der Waals surface area contributed by atoms with Crippen LogP contribution in [0.5, 0.6) is 5.75 Å². The predicted molar refractivity (Wildman–Crippen MR) is 136 cm³/mol. The molecule has 0 aliphatic carbocycles. The van der Waals surface area contributed by atoms with Crippen molar-refractivity contribution in [3.8, 4) is 11.4 Å². The van der Waals surface area contributed by atoms with E-state index in [1.54, 1.807) is 55.5 Å². The molecule has 0 aliphatic rings. The van der Waals surface area contributed by atoms with Crippen LogP contribution >= 0.6 is 23.4 Å². The average molecular weight is 511 g/mol. The first-order valence-corrected chi connectivity index (χ1v) is 11.6. The zero-order valence-electron chi connectivity index (χ0n) is 18.6. The number of hydrogen-bond acceptors (Lipinski definition) is 7. The number of para-hydroxylation sites is 1. The lowest BCUT2D eigenvalue weighted by atomic mass is 10.2. The van der Waals surface area contributed by atoms with Gasteiger partial charge in [0.15, 0.2) is 5.16 Å². The highest BCUT2D eigenvalue weighted by atomic mass is 35.5. The van der Waals surface area contributed by atoms with Crippen LogP contribution in [0.1, 0.15) is 6.92 Å². The number of non-ortho nitro benzene ring substituents is 1. The number of amides is 1. The maximum atomic E-state index is 13.4. The third-order valence-corrected chi connectivity index (χ3v) is 6.49. The van der Waals surface area contributed by atoms with Crippen LogP contribution in [0, 0.1) is 10.1 Å². The van der Waals surface area contributed by atoms with Crippen molar-refractivity contribution in [2.75, 3.05) is 12.4 Å². The van der Waals surface area contributed by atoms with Crippen LogP contribution in [0.25, 0.3) is 16.6 Å². The lowest BCUT2D eigenvalue weighted by Gasteiger charge is -2.17. The van der Waals surface area contributed by atoms with Crippen LogP contribution in [-0.2, 0) is 4.79 Å². The minimum Gasteiger partial charge on any atom is -0.497 e. The Morgan fingerprint density at radius 2 is 1.94 bits per heavy atom. The lowest BCUT2D eigenvalue weighted by Crippen LogP contribution is -2.26. The molecule has 0 aliphatic heterocycles. The van der Waals surface area contributed by atoms with Crippen molar-refractivity contribution in [2.45, 2.75) is 17.3 Å². The van der Waals surface area contributed by atoms with Gasteiger partial charge in [-0.25, -0.2) is 4.98 Å². The van der Waals surface area contributed by atoms with E-state index in [1.165, 1.54) is 29.9 Å². The summed E-state index contributed by atoms with van der Waals surface area (Å²) in [5.41, 5.74) is 0.827. The number of rotatable bonds is 7. The molecule has 1 N–H and O–H groups in total. The van der Waals surface area contributed by atoms with Gasteiger partial charge in [-0.05, 0) is 37.3 Å². The van der Waals surface area contributed by atoms with Gasteiger partial charge in [0.2, 0.25) is 5.91 Å². The third kappa shape index (κ3) is 5.13. The van der Waals surface area contributed by atoms with Crippen LogP contribution in [0.4, 0.5) is 11.4 Å². The fourth-order valence-corrected chi connectivity index (χ4v) is 4.48. The Labute approximate surface area is 208 Å². The van der Waals surface area contributed by atoms with E-state index >= 15 is 0 Å². The molecule has 1 aromatic heterocycles. The molecule has 0 saturated carbocycles. The molecule has 1 heterocycles. The van der Waals surface area contributed by atoms with Crippen molar-refractivity contribution < 1.29 is 14.5 Å². The number of carbonyl (C=O) groups excluding carboxylic acids is 1. The molecule has 9 nitrogen and oxygen atoms in total. The number of carbonyl (C=O) groups is 1. The molecule has 0 spiro atoms. The summed E-state index contributed by atoms with van der Waals surface area (Å²) in [7, 11) is 1.53. The van der Waals surface area contributed by atoms with E-state index in [9.17, 15) is 19.7 Å². The largest absolute Gasteiger partial charge is 0.497 e. The molecule has 0 radical (unpaired) electrons. The van der Waals surface area contributed by atoms with Gasteiger partial charge in [-0.15, -0.1) is 0 Å². The summed E-state index contributed by atoms with van der Waals surface area (Å²) in [5.74, 6) is 0.155. The molecule has 178 valence electrons. The molecule has 0 unspecified atom stereocenters. The van der Waals surface area contributed by atoms with Crippen LogP contribution in [0.3, 0.4) is 0 Å². The molecular weight excluding hydrogens is 492 g/mol. The van der Waals surface area contributed by atoms with E-state index in [-0.39, 0.29) is 22.0 Å². The zero-order valence-corrected chi connectivity index (χ0v) is 20.2. The van der Waals surface area contributed by atoms with Crippen molar-refractivity contribution in [3.05, 3.63) is 92.2 Å². The van der Waals surface area contributed by atoms with Gasteiger partial charge in [0.25, 0.3) is 11.2 Å². The van der Waals surface area contributed by atoms with Gasteiger partial charge in [-0.1, -0.05) is 41.6 Å². The number of hydrogen-bond donors (Lipinski definition) is 1. The molecular formula is C24H19ClN4O5S. The van der Waals surface area contributed by atoms with Gasteiger partial charge in [-0.2, -0.15) is 0 Å². The van der Waals surface area contributed by atoms with Gasteiger partial charge in [0.1, 0.15) is 5.75 Å². The first-order chi connectivity index (χ1) is 16.8. The Bertz CT molecular complexity index is 1510. The number of methoxy groups -OCH3 is 1. The van der Waals surface area contributed by atoms with Gasteiger partial charge in [0, 0.05) is 18.2 Å². The Morgan fingerprint density at radius 1 is 1.17 bits per heavy atom. The summed E-state index contributed by atoms with van der Waals surface area (Å²) >= 11 is 7.20. The molecule has 0 saturated heterocycles. The minimum atomic E-state index is -0.689. The highest BCUT2D eigenvalue weighted by molar-refractivity contribution is 8.00. The van der Waals surface area contributed by atoms with Crippen LogP contribution in [0.2, 0.25) is 5.02 Å². The fourth-order valence-electron chi connectivity index (χ4n) is 3.33. The van der Waals surface area contributed by atoms with Crippen LogP contribution < -0.4 is 15.6 Å². The number of nitro groups is 1. The van der Waals surface area contributed by atoms with E-state index in [2.05, 4.69) is 10.3 Å². The van der Waals surface area contributed by atoms with E-state index in [0.717, 1.165) is 11.8 Å². The Hall–Kier alpha value is -3.89. The summed E-state index contributed by atoms with van der Waals surface area (Å²) in [6.45, 7) is 1.66. The SMILES string of the molecule is COc1cccc(-n2c(S[C@@H](C)C(=O)Nc3ccc([N+](=O)[O-])cc3Cl)nc3ccccc3c2=O)c1. The summed E-state index contributed by atoms with van der Waals surface area (Å²) < 4.78 is 6.74. The first-order valence-electron chi connectivity index (χ1n) is 10.4. The Morgan fingerprint density at radius 3 is 2.66 bits per heavy atom. The maximum Gasteiger partial charge on any atom is 0.271 e. The molecule has 4 aromatic rings. The maximum absolute atomic E-state index is 13.4. The number of fused-ring (bicyclic) bond motifs is 1. The number of thioether (sulfide) groups is 1. The van der Waals surface area contributed by atoms with E-state index in [1.807, 2.05) is 0 Å². The summed E-state index contributed by atoms with van der Waals surface area (Å²) in [6.07, 6.45) is 0. The summed E-state index contributed by atoms with van der Waals surface area (Å²) in [6, 6.07) is 17.8. The second-order valence-electron chi connectivity index (χ2n) is 7.42. The Balaban J connectivity index is 1.69. The van der Waals surface area contributed by atoms with Gasteiger partial charge in [-0.3, -0.25) is 24.3 Å². The van der Waals surface area contributed by atoms with Crippen LogP contribution in [0.15, 0.2) is 76.7 Å². The number of nitro benzene ring substituents is 1. The number of ether oxygens (including phenoxy) is 1. The highest BCUT2D eigenvalue weighted by Crippen LogP contribution is 2.30. The smallest absolute Gasteiger partial charge is 0.271 e. The second kappa shape index (κ2) is 10.2. The van der Waals surface area contributed by atoms with Gasteiger partial charge >= 0.3 is 0 Å². The van der Waals surface area contributed by atoms with Gasteiger partial charge < -0.3 is 10.1 Å². The summed E-state index contributed by atoms with van der Waals surface area (Å²) in [4.78, 5) is 41.3. The highest BCUT2D eigenvalue weighted by Gasteiger charge is 2.22. The van der Waals surface area contributed by atoms with Crippen molar-refractivity contribution in [1.29, 1.82) is 0 Å². The molecule has 11 heteroatoms. The molecule has 0 fully saturated rings. The molecule has 4 rings (SSSR count). The number of nitrogens with zero attached hydrogens (tertiary/aromatic N) is 3. The molecule has 1 amide bonds. The quantitative estimate of drug-likeness (QED) is 0.159. The van der Waals surface area contributed by atoms with Crippen molar-refractivity contribution >= 4 is 51.5 Å². The number of benzene rings is 3. The standard InChI is InChI=1S/C24H19ClN4O5S/c1-14(22(30)26-21-11-10-16(29(32)33)13-19(21)25)35-24-27-20-9-4-3-8-18(20)23(31)28(24)15-6-5-7-17(12-15)34-2/h3-14H,1-2H3,(H,26,30)/t14-/m0/s1. The number of nitrogens with one attached hydrogen (secondary N) is 1. The first kappa shape index (κ1) is 24.2. The number of halogens is 1. The van der Waals surface area contributed by atoms with Crippen molar-refractivity contribution in [1.82, 2.24) is 9.55 Å².